The zero-order valence-corrected chi connectivity index (χ0v) is 13.8. The first kappa shape index (κ1) is 20.8. The van der Waals surface area contributed by atoms with Crippen LogP contribution in [0.5, 0.6) is 0 Å². The second-order valence-electron chi connectivity index (χ2n) is 5.34. The fraction of sp³-hybridized carbons (Fsp3) is 1.00. The van der Waals surface area contributed by atoms with Gasteiger partial charge in [-0.05, 0) is 27.2 Å². The summed E-state index contributed by atoms with van der Waals surface area (Å²) in [6.07, 6.45) is -0.0216. The minimum Gasteiger partial charge on any atom is -0.394 e. The molecule has 6 heteroatoms. The summed E-state index contributed by atoms with van der Waals surface area (Å²) < 4.78 is 21.7. The Kier molecular flexibility index (Phi) is 13.3. The molecule has 0 aliphatic carbocycles. The van der Waals surface area contributed by atoms with Gasteiger partial charge in [-0.25, -0.2) is 0 Å². The summed E-state index contributed by atoms with van der Waals surface area (Å²) in [6.45, 7) is 9.68. The molecule has 0 amide bonds. The third kappa shape index (κ3) is 13.2. The molecule has 4 atom stereocenters. The van der Waals surface area contributed by atoms with Gasteiger partial charge in [-0.15, -0.1) is 0 Å². The number of rotatable bonds is 14. The average Bonchev–Trinajstić information content (AvgIpc) is 2.48. The molecule has 0 bridgehead atoms. The van der Waals surface area contributed by atoms with Crippen LogP contribution in [0.25, 0.3) is 0 Å². The Morgan fingerprint density at radius 1 is 0.810 bits per heavy atom. The van der Waals surface area contributed by atoms with Crippen LogP contribution in [0.2, 0.25) is 0 Å². The topological polar surface area (TPSA) is 77.4 Å². The summed E-state index contributed by atoms with van der Waals surface area (Å²) in [5.41, 5.74) is 0. The molecule has 0 aliphatic heterocycles. The van der Waals surface area contributed by atoms with Crippen molar-refractivity contribution in [2.75, 3.05) is 39.6 Å². The second kappa shape index (κ2) is 13.4. The van der Waals surface area contributed by atoms with Crippen molar-refractivity contribution in [3.8, 4) is 0 Å². The molecule has 0 saturated heterocycles. The average molecular weight is 308 g/mol. The minimum atomic E-state index is -0.606. The molecule has 0 heterocycles. The molecule has 2 N–H and O–H groups in total. The van der Waals surface area contributed by atoms with Gasteiger partial charge in [0.2, 0.25) is 0 Å². The molecule has 0 rings (SSSR count). The molecule has 0 saturated carbocycles. The summed E-state index contributed by atoms with van der Waals surface area (Å²) in [6, 6.07) is 0. The predicted octanol–water partition coefficient (Wildman–Crippen LogP) is 0.982. The minimum absolute atomic E-state index is 0.00419. The molecule has 128 valence electrons. The van der Waals surface area contributed by atoms with E-state index in [1.54, 1.807) is 6.92 Å². The van der Waals surface area contributed by atoms with Gasteiger partial charge in [0.05, 0.1) is 51.3 Å². The van der Waals surface area contributed by atoms with E-state index in [0.29, 0.717) is 26.4 Å². The fourth-order valence-electron chi connectivity index (χ4n) is 1.44. The number of hydrogen-bond donors (Lipinski definition) is 2. The molecule has 0 aliphatic rings. The van der Waals surface area contributed by atoms with Crippen LogP contribution in [0.4, 0.5) is 0 Å². The molecule has 4 unspecified atom stereocenters. The second-order valence-corrected chi connectivity index (χ2v) is 5.34. The maximum atomic E-state index is 9.64. The Balaban J connectivity index is 3.58. The molecule has 0 aromatic heterocycles. The van der Waals surface area contributed by atoms with Gasteiger partial charge >= 0.3 is 0 Å². The normalized spacial score (nSPS) is 17.4. The first-order valence-electron chi connectivity index (χ1n) is 7.71. The Labute approximate surface area is 128 Å². The first-order valence-corrected chi connectivity index (χ1v) is 7.71. The molecule has 0 aromatic rings. The molecule has 21 heavy (non-hydrogen) atoms. The Morgan fingerprint density at radius 3 is 1.86 bits per heavy atom. The monoisotopic (exact) mass is 308 g/mol. The SMILES string of the molecule is CCCOCC(O)COC(C)COC(C)COC(C)CO. The van der Waals surface area contributed by atoms with Crippen molar-refractivity contribution in [2.45, 2.75) is 58.5 Å². The quantitative estimate of drug-likeness (QED) is 0.466. The zero-order chi connectivity index (χ0) is 16.1. The van der Waals surface area contributed by atoms with Crippen LogP contribution < -0.4 is 0 Å². The van der Waals surface area contributed by atoms with Crippen molar-refractivity contribution >= 4 is 0 Å². The zero-order valence-electron chi connectivity index (χ0n) is 13.8. The summed E-state index contributed by atoms with van der Waals surface area (Å²) in [5.74, 6) is 0. The third-order valence-corrected chi connectivity index (χ3v) is 2.72. The lowest BCUT2D eigenvalue weighted by atomic mass is 10.3. The van der Waals surface area contributed by atoms with E-state index >= 15 is 0 Å². The Hall–Kier alpha value is -0.240. The van der Waals surface area contributed by atoms with Crippen molar-refractivity contribution in [3.63, 3.8) is 0 Å². The van der Waals surface area contributed by atoms with E-state index in [9.17, 15) is 5.11 Å². The van der Waals surface area contributed by atoms with E-state index in [0.717, 1.165) is 6.42 Å². The number of aliphatic hydroxyl groups excluding tert-OH is 2. The van der Waals surface area contributed by atoms with Crippen LogP contribution in [-0.2, 0) is 18.9 Å². The molecular formula is C15H32O6. The largest absolute Gasteiger partial charge is 0.394 e. The van der Waals surface area contributed by atoms with Crippen LogP contribution in [-0.4, -0.2) is 74.3 Å². The van der Waals surface area contributed by atoms with Crippen molar-refractivity contribution in [2.24, 2.45) is 0 Å². The van der Waals surface area contributed by atoms with Gasteiger partial charge in [-0.2, -0.15) is 0 Å². The van der Waals surface area contributed by atoms with Gasteiger partial charge < -0.3 is 29.2 Å². The highest BCUT2D eigenvalue weighted by Gasteiger charge is 2.11. The van der Waals surface area contributed by atoms with E-state index < -0.39 is 6.10 Å². The summed E-state index contributed by atoms with van der Waals surface area (Å²) in [4.78, 5) is 0. The predicted molar refractivity (Wildman–Crippen MR) is 80.4 cm³/mol. The molecule has 0 radical (unpaired) electrons. The van der Waals surface area contributed by atoms with Gasteiger partial charge in [0.1, 0.15) is 6.10 Å². The van der Waals surface area contributed by atoms with Gasteiger partial charge in [0.25, 0.3) is 0 Å². The molecule has 0 spiro atoms. The van der Waals surface area contributed by atoms with Gasteiger partial charge in [-0.1, -0.05) is 6.92 Å². The maximum Gasteiger partial charge on any atom is 0.101 e. The molecule has 0 fully saturated rings. The van der Waals surface area contributed by atoms with E-state index in [-0.39, 0.29) is 31.5 Å². The van der Waals surface area contributed by atoms with Crippen molar-refractivity contribution in [1.82, 2.24) is 0 Å². The lowest BCUT2D eigenvalue weighted by Crippen LogP contribution is -2.29. The van der Waals surface area contributed by atoms with Gasteiger partial charge in [-0.3, -0.25) is 0 Å². The standard InChI is InChI=1S/C15H32O6/c1-5-6-18-10-15(17)11-21-14(4)9-20-13(3)8-19-12(2)7-16/h12-17H,5-11H2,1-4H3. The number of ether oxygens (including phenoxy) is 4. The highest BCUT2D eigenvalue weighted by Crippen LogP contribution is 2.01. The molecule has 6 nitrogen and oxygen atoms in total. The Bertz CT molecular complexity index is 226. The van der Waals surface area contributed by atoms with E-state index in [2.05, 4.69) is 0 Å². The summed E-state index contributed by atoms with van der Waals surface area (Å²) in [5, 5.41) is 18.5. The van der Waals surface area contributed by atoms with Crippen molar-refractivity contribution < 1.29 is 29.2 Å². The number of aliphatic hydroxyl groups is 2. The molecular weight excluding hydrogens is 276 g/mol. The van der Waals surface area contributed by atoms with Gasteiger partial charge in [0, 0.05) is 6.61 Å². The van der Waals surface area contributed by atoms with E-state index in [1.165, 1.54) is 0 Å². The summed E-state index contributed by atoms with van der Waals surface area (Å²) >= 11 is 0. The van der Waals surface area contributed by atoms with Crippen molar-refractivity contribution in [1.29, 1.82) is 0 Å². The smallest absolute Gasteiger partial charge is 0.101 e. The highest BCUT2D eigenvalue weighted by molar-refractivity contribution is 4.57. The van der Waals surface area contributed by atoms with Crippen LogP contribution in [0.3, 0.4) is 0 Å². The van der Waals surface area contributed by atoms with Crippen LogP contribution in [0.15, 0.2) is 0 Å². The lowest BCUT2D eigenvalue weighted by molar-refractivity contribution is -0.0907. The van der Waals surface area contributed by atoms with Crippen LogP contribution in [0, 0.1) is 0 Å². The summed E-state index contributed by atoms with van der Waals surface area (Å²) in [7, 11) is 0. The fourth-order valence-corrected chi connectivity index (χ4v) is 1.44. The number of hydrogen-bond acceptors (Lipinski definition) is 6. The Morgan fingerprint density at radius 2 is 1.33 bits per heavy atom. The van der Waals surface area contributed by atoms with Crippen molar-refractivity contribution in [3.05, 3.63) is 0 Å². The lowest BCUT2D eigenvalue weighted by Gasteiger charge is -2.20. The van der Waals surface area contributed by atoms with E-state index in [4.69, 9.17) is 24.1 Å². The van der Waals surface area contributed by atoms with Crippen LogP contribution in [0.1, 0.15) is 34.1 Å². The maximum absolute atomic E-state index is 9.64. The third-order valence-electron chi connectivity index (χ3n) is 2.72. The van der Waals surface area contributed by atoms with Crippen LogP contribution >= 0.6 is 0 Å². The highest BCUT2D eigenvalue weighted by atomic mass is 16.6. The van der Waals surface area contributed by atoms with Gasteiger partial charge in [0.15, 0.2) is 0 Å². The van der Waals surface area contributed by atoms with E-state index in [1.807, 2.05) is 20.8 Å². The molecule has 0 aromatic carbocycles. The first-order chi connectivity index (χ1) is 9.99.